The first-order valence-electron chi connectivity index (χ1n) is 10.5. The quantitative estimate of drug-likeness (QED) is 0.684. The standard InChI is InChI=1S/C24H25N3O5/c1-26-18-10-6-5-9-17(18)24(22(26)32)11-13-27(20(30)16-7-3-2-4-8-16)21(31)23(24,12-14-28)15-19(25)29/h2-10,28H,11-15H2,1H3,(H2,25,29)/t23-,24+/m0/s1. The molecule has 0 saturated carbocycles. The number of benzene rings is 2. The van der Waals surface area contributed by atoms with Crippen molar-refractivity contribution in [2.45, 2.75) is 24.7 Å². The van der Waals surface area contributed by atoms with Crippen LogP contribution in [0.2, 0.25) is 0 Å². The maximum absolute atomic E-state index is 14.0. The zero-order valence-corrected chi connectivity index (χ0v) is 17.8. The number of hydrogen-bond donors (Lipinski definition) is 2. The molecule has 0 aromatic heterocycles. The molecule has 0 bridgehead atoms. The summed E-state index contributed by atoms with van der Waals surface area (Å²) >= 11 is 0. The van der Waals surface area contributed by atoms with Gasteiger partial charge in [-0.25, -0.2) is 0 Å². The number of para-hydroxylation sites is 1. The van der Waals surface area contributed by atoms with Crippen molar-refractivity contribution in [3.8, 4) is 0 Å². The predicted octanol–water partition coefficient (Wildman–Crippen LogP) is 1.22. The zero-order chi connectivity index (χ0) is 23.1. The molecule has 32 heavy (non-hydrogen) atoms. The Labute approximate surface area is 185 Å². The molecule has 0 radical (unpaired) electrons. The third kappa shape index (κ3) is 2.86. The van der Waals surface area contributed by atoms with E-state index < -0.39 is 41.6 Å². The van der Waals surface area contributed by atoms with Crippen molar-refractivity contribution in [3.63, 3.8) is 0 Å². The zero-order valence-electron chi connectivity index (χ0n) is 17.8. The molecule has 2 aromatic carbocycles. The van der Waals surface area contributed by atoms with Crippen LogP contribution in [-0.4, -0.2) is 53.8 Å². The van der Waals surface area contributed by atoms with Crippen molar-refractivity contribution < 1.29 is 24.3 Å². The fraction of sp³-hybridized carbons (Fsp3) is 0.333. The van der Waals surface area contributed by atoms with Crippen molar-refractivity contribution in [2.24, 2.45) is 11.1 Å². The van der Waals surface area contributed by atoms with Crippen LogP contribution in [0.1, 0.15) is 35.2 Å². The lowest BCUT2D eigenvalue weighted by atomic mass is 9.53. The first-order chi connectivity index (χ1) is 15.3. The highest BCUT2D eigenvalue weighted by Gasteiger charge is 2.68. The number of hydrogen-bond acceptors (Lipinski definition) is 5. The van der Waals surface area contributed by atoms with E-state index in [2.05, 4.69) is 0 Å². The fourth-order valence-corrected chi connectivity index (χ4v) is 5.46. The molecule has 2 atom stereocenters. The Morgan fingerprint density at radius 1 is 1.03 bits per heavy atom. The Hall–Kier alpha value is -3.52. The van der Waals surface area contributed by atoms with Gasteiger partial charge in [0.05, 0.1) is 10.8 Å². The van der Waals surface area contributed by atoms with Crippen LogP contribution in [-0.2, 0) is 19.8 Å². The van der Waals surface area contributed by atoms with E-state index in [4.69, 9.17) is 5.73 Å². The molecular formula is C24H25N3O5. The monoisotopic (exact) mass is 435 g/mol. The van der Waals surface area contributed by atoms with Gasteiger partial charge in [0.15, 0.2) is 0 Å². The number of anilines is 1. The number of fused-ring (bicyclic) bond motifs is 2. The average Bonchev–Trinajstić information content (AvgIpc) is 3.01. The third-order valence-electron chi connectivity index (χ3n) is 6.86. The van der Waals surface area contributed by atoms with E-state index in [1.54, 1.807) is 61.6 Å². The number of piperidine rings is 1. The van der Waals surface area contributed by atoms with Crippen LogP contribution < -0.4 is 10.6 Å². The number of rotatable bonds is 5. The van der Waals surface area contributed by atoms with Crippen LogP contribution in [0, 0.1) is 5.41 Å². The van der Waals surface area contributed by atoms with Gasteiger partial charge in [-0.15, -0.1) is 0 Å². The average molecular weight is 435 g/mol. The SMILES string of the molecule is CN1C(=O)[C@@]2(CCN(C(=O)c3ccccc3)C(=O)[C@]2(CCO)CC(N)=O)c2ccccc21. The van der Waals surface area contributed by atoms with Gasteiger partial charge in [-0.1, -0.05) is 36.4 Å². The third-order valence-corrected chi connectivity index (χ3v) is 6.86. The molecule has 3 N–H and O–H groups in total. The van der Waals surface area contributed by atoms with Gasteiger partial charge in [0.25, 0.3) is 5.91 Å². The van der Waals surface area contributed by atoms with Gasteiger partial charge in [0, 0.05) is 37.9 Å². The summed E-state index contributed by atoms with van der Waals surface area (Å²) in [6.45, 7) is -0.445. The Balaban J connectivity index is 1.92. The Kier molecular flexibility index (Phi) is 5.34. The lowest BCUT2D eigenvalue weighted by molar-refractivity contribution is -0.160. The first kappa shape index (κ1) is 21.7. The minimum absolute atomic E-state index is 0.00636. The number of nitrogens with zero attached hydrogens (tertiary/aromatic N) is 2. The molecule has 2 aliphatic rings. The van der Waals surface area contributed by atoms with Crippen LogP contribution in [0.4, 0.5) is 5.69 Å². The van der Waals surface area contributed by atoms with Gasteiger partial charge in [0.2, 0.25) is 17.7 Å². The van der Waals surface area contributed by atoms with Crippen LogP contribution >= 0.6 is 0 Å². The van der Waals surface area contributed by atoms with Gasteiger partial charge in [-0.3, -0.25) is 24.1 Å². The number of aliphatic hydroxyl groups is 1. The van der Waals surface area contributed by atoms with E-state index in [0.717, 1.165) is 4.90 Å². The molecule has 2 aliphatic heterocycles. The summed E-state index contributed by atoms with van der Waals surface area (Å²) < 4.78 is 0. The van der Waals surface area contributed by atoms with Crippen molar-refractivity contribution in [2.75, 3.05) is 25.1 Å². The number of carbonyl (C=O) groups excluding carboxylic acids is 4. The number of likely N-dealkylation sites (N-methyl/N-ethyl adjacent to an activating group) is 1. The van der Waals surface area contributed by atoms with E-state index >= 15 is 0 Å². The number of imide groups is 1. The van der Waals surface area contributed by atoms with Gasteiger partial charge >= 0.3 is 0 Å². The molecule has 8 nitrogen and oxygen atoms in total. The highest BCUT2D eigenvalue weighted by Crippen LogP contribution is 2.59. The summed E-state index contributed by atoms with van der Waals surface area (Å²) in [5.41, 5.74) is 4.07. The van der Waals surface area contributed by atoms with Crippen molar-refractivity contribution >= 4 is 29.3 Å². The van der Waals surface area contributed by atoms with Crippen molar-refractivity contribution in [3.05, 3.63) is 65.7 Å². The Morgan fingerprint density at radius 3 is 2.34 bits per heavy atom. The van der Waals surface area contributed by atoms with E-state index in [-0.39, 0.29) is 25.3 Å². The molecule has 2 heterocycles. The van der Waals surface area contributed by atoms with E-state index in [0.29, 0.717) is 16.8 Å². The maximum atomic E-state index is 14.0. The molecule has 1 fully saturated rings. The number of carbonyl (C=O) groups is 4. The molecule has 0 unspecified atom stereocenters. The second kappa shape index (κ2) is 7.87. The maximum Gasteiger partial charge on any atom is 0.260 e. The number of nitrogens with two attached hydrogens (primary N) is 1. The van der Waals surface area contributed by atoms with Gasteiger partial charge in [-0.05, 0) is 36.6 Å². The predicted molar refractivity (Wildman–Crippen MR) is 117 cm³/mol. The van der Waals surface area contributed by atoms with Crippen LogP contribution in [0.5, 0.6) is 0 Å². The number of aliphatic hydroxyl groups excluding tert-OH is 1. The van der Waals surface area contributed by atoms with E-state index in [1.807, 2.05) is 0 Å². The minimum atomic E-state index is -1.69. The van der Waals surface area contributed by atoms with Crippen molar-refractivity contribution in [1.82, 2.24) is 4.90 Å². The number of primary amides is 1. The molecule has 4 rings (SSSR count). The largest absolute Gasteiger partial charge is 0.396 e. The molecule has 4 amide bonds. The lowest BCUT2D eigenvalue weighted by Gasteiger charge is -2.51. The smallest absolute Gasteiger partial charge is 0.260 e. The Morgan fingerprint density at radius 2 is 1.69 bits per heavy atom. The molecule has 1 spiro atoms. The highest BCUT2D eigenvalue weighted by molar-refractivity contribution is 6.16. The fourth-order valence-electron chi connectivity index (χ4n) is 5.46. The molecular weight excluding hydrogens is 410 g/mol. The minimum Gasteiger partial charge on any atom is -0.396 e. The van der Waals surface area contributed by atoms with Gasteiger partial charge in [-0.2, -0.15) is 0 Å². The first-order valence-corrected chi connectivity index (χ1v) is 10.5. The second-order valence-electron chi connectivity index (χ2n) is 8.36. The highest BCUT2D eigenvalue weighted by atomic mass is 16.3. The normalized spacial score (nSPS) is 24.7. The summed E-state index contributed by atoms with van der Waals surface area (Å²) in [6, 6.07) is 15.5. The van der Waals surface area contributed by atoms with Crippen LogP contribution in [0.15, 0.2) is 54.6 Å². The van der Waals surface area contributed by atoms with Crippen molar-refractivity contribution in [1.29, 1.82) is 0 Å². The Bertz CT molecular complexity index is 1100. The molecule has 2 aromatic rings. The topological polar surface area (TPSA) is 121 Å². The second-order valence-corrected chi connectivity index (χ2v) is 8.36. The summed E-state index contributed by atoms with van der Waals surface area (Å²) in [6.07, 6.45) is -0.509. The van der Waals surface area contributed by atoms with Gasteiger partial charge < -0.3 is 15.7 Å². The van der Waals surface area contributed by atoms with Crippen LogP contribution in [0.25, 0.3) is 0 Å². The molecule has 166 valence electrons. The lowest BCUT2D eigenvalue weighted by Crippen LogP contribution is -2.66. The van der Waals surface area contributed by atoms with Gasteiger partial charge in [0.1, 0.15) is 0 Å². The van der Waals surface area contributed by atoms with E-state index in [9.17, 15) is 24.3 Å². The number of amides is 4. The summed E-state index contributed by atoms with van der Waals surface area (Å²) in [5, 5.41) is 9.97. The summed E-state index contributed by atoms with van der Waals surface area (Å²) in [5.74, 6) is -2.29. The molecule has 8 heteroatoms. The van der Waals surface area contributed by atoms with E-state index in [1.165, 1.54) is 4.90 Å². The van der Waals surface area contributed by atoms with Crippen LogP contribution in [0.3, 0.4) is 0 Å². The summed E-state index contributed by atoms with van der Waals surface area (Å²) in [4.78, 5) is 55.8. The molecule has 1 saturated heterocycles. The molecule has 0 aliphatic carbocycles. The number of likely N-dealkylation sites (tertiary alicyclic amines) is 1. The summed E-state index contributed by atoms with van der Waals surface area (Å²) in [7, 11) is 1.62.